The lowest BCUT2D eigenvalue weighted by Gasteiger charge is -2.24. The van der Waals surface area contributed by atoms with Crippen LogP contribution in [0.15, 0.2) is 280 Å². The van der Waals surface area contributed by atoms with Gasteiger partial charge in [0.2, 0.25) is 28.5 Å². The first-order valence-electron chi connectivity index (χ1n) is 43.1. The van der Waals surface area contributed by atoms with Crippen LogP contribution in [0.4, 0.5) is 0 Å². The van der Waals surface area contributed by atoms with E-state index in [-0.39, 0.29) is 27.1 Å². The Bertz CT molecular complexity index is 6150. The van der Waals surface area contributed by atoms with Crippen LogP contribution in [0.25, 0.3) is 112 Å². The summed E-state index contributed by atoms with van der Waals surface area (Å²) in [5, 5.41) is 0. The van der Waals surface area contributed by atoms with Gasteiger partial charge in [-0.25, -0.2) is 22.8 Å². The van der Waals surface area contributed by atoms with Crippen molar-refractivity contribution in [3.63, 3.8) is 0 Å². The summed E-state index contributed by atoms with van der Waals surface area (Å²) in [4.78, 5) is 0. The van der Waals surface area contributed by atoms with Crippen LogP contribution in [0.5, 0.6) is 0 Å². The van der Waals surface area contributed by atoms with Crippen LogP contribution in [0.2, 0.25) is 0 Å². The summed E-state index contributed by atoms with van der Waals surface area (Å²) < 4.78 is 19.7. The molecule has 0 saturated carbocycles. The molecule has 119 heavy (non-hydrogen) atoms. The normalized spacial score (nSPS) is 14.5. The van der Waals surface area contributed by atoms with E-state index < -0.39 is 0 Å². The molecular weight excluding hydrogens is 1440 g/mol. The molecule has 0 N–H and O–H groups in total. The molecule has 0 radical (unpaired) electrons. The molecular formula is C114H118N5+5. The predicted molar refractivity (Wildman–Crippen MR) is 496 cm³/mol. The first-order chi connectivity index (χ1) is 57.1. The minimum absolute atomic E-state index is 0.0474. The molecule has 10 aromatic carbocycles. The second-order valence-electron chi connectivity index (χ2n) is 36.9. The fourth-order valence-corrected chi connectivity index (χ4v) is 21.0. The van der Waals surface area contributed by atoms with Crippen molar-refractivity contribution in [1.29, 1.82) is 0 Å². The number of pyridine rings is 5. The molecule has 20 rings (SSSR count). The van der Waals surface area contributed by atoms with E-state index in [9.17, 15) is 0 Å². The van der Waals surface area contributed by atoms with E-state index in [1.807, 2.05) is 6.07 Å². The molecule has 5 heterocycles. The highest BCUT2D eigenvalue weighted by atomic mass is 14.9. The Kier molecular flexibility index (Phi) is 20.3. The zero-order valence-corrected chi connectivity index (χ0v) is 74.7. The van der Waals surface area contributed by atoms with E-state index in [2.05, 4.69) is 457 Å². The van der Waals surface area contributed by atoms with Gasteiger partial charge in [-0.1, -0.05) is 227 Å². The first-order valence-corrected chi connectivity index (χ1v) is 42.6. The van der Waals surface area contributed by atoms with Crippen LogP contribution in [0.1, 0.15) is 176 Å². The van der Waals surface area contributed by atoms with Crippen molar-refractivity contribution >= 4 is 0 Å². The van der Waals surface area contributed by atoms with Gasteiger partial charge in [-0.15, -0.1) is 0 Å². The number of rotatable bonds is 5. The summed E-state index contributed by atoms with van der Waals surface area (Å²) in [5.41, 5.74) is 53.1. The van der Waals surface area contributed by atoms with E-state index in [0.29, 0.717) is 6.04 Å². The summed E-state index contributed by atoms with van der Waals surface area (Å²) >= 11 is 0. The zero-order valence-electron chi connectivity index (χ0n) is 75.7. The Morgan fingerprint density at radius 2 is 0.437 bits per heavy atom. The molecule has 15 aromatic rings. The molecule has 5 aliphatic carbocycles. The number of benzene rings is 10. The molecule has 5 nitrogen and oxygen atoms in total. The molecule has 5 aromatic heterocycles. The van der Waals surface area contributed by atoms with Crippen LogP contribution in [0.3, 0.4) is 0 Å². The van der Waals surface area contributed by atoms with Gasteiger partial charge >= 0.3 is 0 Å². The summed E-state index contributed by atoms with van der Waals surface area (Å²) in [5.74, 6) is 0. The number of hydrogen-bond donors (Lipinski definition) is 0. The van der Waals surface area contributed by atoms with Gasteiger partial charge < -0.3 is 0 Å². The van der Waals surface area contributed by atoms with Crippen molar-refractivity contribution in [2.45, 2.75) is 159 Å². The standard InChI is InChI=1S/4C23H24N.C22H22N/c3*1-15-14-19-22(17-10-6-7-11-18(17)23(19,3)4)21(16(15)2)20-12-8-9-13-24(20)5;1-15-14-16(2)22-21(20(15)19-12-8-9-13-24(19)5)17-10-6-7-11-18(17)23(22,3)4;1-15-12-13-18-21(20(15)19-11-7-8-14-23(19)4)16-9-5-6-10-17(16)22(18,2)3/h4*6-14H,1-5H3;5-14H,1-4H3/q5*+1/i;;;;13D. The van der Waals surface area contributed by atoms with E-state index in [1.54, 1.807) is 0 Å². The number of fused-ring (bicyclic) bond motifs is 15. The van der Waals surface area contributed by atoms with E-state index >= 15 is 0 Å². The van der Waals surface area contributed by atoms with Crippen LogP contribution in [0, 0.1) is 62.3 Å². The third-order valence-electron chi connectivity index (χ3n) is 27.8. The van der Waals surface area contributed by atoms with E-state index in [0.717, 1.165) is 11.1 Å². The van der Waals surface area contributed by atoms with Gasteiger partial charge in [0.25, 0.3) is 0 Å². The quantitative estimate of drug-likeness (QED) is 0.153. The minimum atomic E-state index is -0.140. The predicted octanol–water partition coefficient (Wildman–Crippen LogP) is 25.2. The van der Waals surface area contributed by atoms with Crippen molar-refractivity contribution in [3.8, 4) is 112 Å². The Balaban J connectivity index is 0.000000112. The molecule has 0 spiro atoms. The molecule has 0 bridgehead atoms. The summed E-state index contributed by atoms with van der Waals surface area (Å²) in [6, 6.07) is 88.5. The Morgan fingerprint density at radius 3 is 0.731 bits per heavy atom. The average molecular weight is 1560 g/mol. The van der Waals surface area contributed by atoms with Gasteiger partial charge in [-0.05, 0) is 226 Å². The van der Waals surface area contributed by atoms with Crippen LogP contribution in [-0.2, 0) is 62.3 Å². The van der Waals surface area contributed by atoms with Gasteiger partial charge in [0.1, 0.15) is 35.2 Å². The fourth-order valence-electron chi connectivity index (χ4n) is 21.0. The number of hydrogen-bond acceptors (Lipinski definition) is 0. The maximum atomic E-state index is 8.63. The lowest BCUT2D eigenvalue weighted by Crippen LogP contribution is -2.30. The summed E-state index contributed by atoms with van der Waals surface area (Å²) in [6.45, 7) is 43.4. The molecule has 594 valence electrons. The molecule has 0 amide bonds. The van der Waals surface area contributed by atoms with Crippen molar-refractivity contribution in [2.75, 3.05) is 0 Å². The van der Waals surface area contributed by atoms with Gasteiger partial charge in [0, 0.05) is 116 Å². The topological polar surface area (TPSA) is 19.4 Å². The smallest absolute Gasteiger partial charge is 0.201 e. The highest BCUT2D eigenvalue weighted by Crippen LogP contribution is 2.59. The maximum Gasteiger partial charge on any atom is 0.213 e. The zero-order chi connectivity index (χ0) is 85.3. The van der Waals surface area contributed by atoms with Gasteiger partial charge in [0.15, 0.2) is 31.0 Å². The Morgan fingerprint density at radius 1 is 0.202 bits per heavy atom. The number of nitrogens with zero attached hydrogens (tertiary/aromatic N) is 5. The third kappa shape index (κ3) is 13.2. The van der Waals surface area contributed by atoms with Crippen LogP contribution >= 0.6 is 0 Å². The largest absolute Gasteiger partial charge is 0.213 e. The van der Waals surface area contributed by atoms with Crippen molar-refractivity contribution < 1.29 is 24.2 Å². The highest BCUT2D eigenvalue weighted by Gasteiger charge is 2.45. The first kappa shape index (κ1) is 79.4. The molecule has 0 atom stereocenters. The van der Waals surface area contributed by atoms with Gasteiger partial charge in [0.05, 0.1) is 29.2 Å². The molecule has 0 unspecified atom stereocenters. The van der Waals surface area contributed by atoms with Crippen LogP contribution in [-0.4, -0.2) is 0 Å². The maximum absolute atomic E-state index is 8.63. The third-order valence-corrected chi connectivity index (χ3v) is 27.8. The van der Waals surface area contributed by atoms with Crippen molar-refractivity contribution in [1.82, 2.24) is 0 Å². The van der Waals surface area contributed by atoms with Crippen molar-refractivity contribution in [3.05, 3.63) is 385 Å². The molecule has 0 aliphatic heterocycles. The fraction of sp³-hybridized carbons (Fsp3) is 0.254. The lowest BCUT2D eigenvalue weighted by atomic mass is 9.79. The number of aryl methyl sites for hydroxylation is 11. The van der Waals surface area contributed by atoms with Gasteiger partial charge in [-0.2, -0.15) is 0 Å². The molecule has 0 saturated heterocycles. The Hall–Kier alpha value is -12.1. The van der Waals surface area contributed by atoms with Gasteiger partial charge in [-0.3, -0.25) is 0 Å². The summed E-state index contributed by atoms with van der Waals surface area (Å²) in [6.07, 6.45) is 10.6. The molecule has 5 aliphatic rings. The van der Waals surface area contributed by atoms with E-state index in [1.165, 1.54) is 207 Å². The summed E-state index contributed by atoms with van der Waals surface area (Å²) in [7, 11) is 10.6. The van der Waals surface area contributed by atoms with Crippen molar-refractivity contribution in [2.24, 2.45) is 35.2 Å². The highest BCUT2D eigenvalue weighted by molar-refractivity contribution is 5.98. The second-order valence-corrected chi connectivity index (χ2v) is 36.9. The average Bonchev–Trinajstić information content (AvgIpc) is 1.61. The Labute approximate surface area is 710 Å². The molecule has 0 fully saturated rings. The second kappa shape index (κ2) is 30.4. The molecule has 5 heteroatoms. The SMILES string of the molecule is Cc1cc(C)c2c(c1-c1cccc[n+]1C)-c1ccccc1C2(C)C.Cc1cc2c(c(-c3cccc[n+]3C)c1C)-c1ccccc1C2(C)C.Cc1cc2c(c(-c3cccc[n+]3C)c1C)-c1ccccc1C2(C)C.Cc1cc2c(c(-c3cccc[n+]3C)c1C)-c1ccccc1C2(C)C.[2H]c1cc(C)c(-c2cccc[n+]2C)c2c1C(C)(C)c1ccccc1-2. The number of aromatic nitrogens is 5. The van der Waals surface area contributed by atoms with E-state index in [4.69, 9.17) is 1.37 Å². The monoisotopic (exact) mass is 1560 g/mol. The minimum Gasteiger partial charge on any atom is -0.201 e. The lowest BCUT2D eigenvalue weighted by molar-refractivity contribution is -0.660. The van der Waals surface area contributed by atoms with Crippen LogP contribution < -0.4 is 22.8 Å².